The Morgan fingerprint density at radius 1 is 1.22 bits per heavy atom. The Bertz CT molecular complexity index is 996. The van der Waals surface area contributed by atoms with Crippen LogP contribution in [0.2, 0.25) is 5.02 Å². The molecule has 3 aliphatic rings. The molecule has 2 N–H and O–H groups in total. The molecule has 36 heavy (non-hydrogen) atoms. The molecule has 2 fully saturated rings. The van der Waals surface area contributed by atoms with Gasteiger partial charge in [0.05, 0.1) is 11.8 Å². The van der Waals surface area contributed by atoms with Crippen molar-refractivity contribution >= 4 is 23.5 Å². The van der Waals surface area contributed by atoms with E-state index in [0.717, 1.165) is 32.5 Å². The van der Waals surface area contributed by atoms with Crippen molar-refractivity contribution < 1.29 is 23.5 Å². The van der Waals surface area contributed by atoms with E-state index in [4.69, 9.17) is 11.6 Å². The Hall–Kier alpha value is -2.03. The Kier molecular flexibility index (Phi) is 8.68. The molecule has 198 valence electrons. The number of aliphatic carboxylic acids is 1. The number of carboxylic acids is 1. The number of likely N-dealkylation sites (tertiary alicyclic amines) is 2. The second-order valence-electron chi connectivity index (χ2n) is 10.7. The molecular formula is C27H36ClF2N3O3. The van der Waals surface area contributed by atoms with E-state index in [2.05, 4.69) is 16.3 Å². The summed E-state index contributed by atoms with van der Waals surface area (Å²) in [5, 5.41) is 13.1. The average Bonchev–Trinajstić information content (AvgIpc) is 3.44. The molecule has 1 aromatic carbocycles. The first-order chi connectivity index (χ1) is 17.2. The van der Waals surface area contributed by atoms with Gasteiger partial charge in [-0.3, -0.25) is 19.4 Å². The predicted octanol–water partition coefficient (Wildman–Crippen LogP) is 4.88. The van der Waals surface area contributed by atoms with Crippen LogP contribution in [0.5, 0.6) is 0 Å². The third kappa shape index (κ3) is 6.09. The number of halogens is 3. The number of nitrogens with zero attached hydrogens (tertiary/aromatic N) is 2. The van der Waals surface area contributed by atoms with E-state index in [-0.39, 0.29) is 48.0 Å². The van der Waals surface area contributed by atoms with Crippen molar-refractivity contribution in [1.82, 2.24) is 15.1 Å². The molecule has 2 heterocycles. The lowest BCUT2D eigenvalue weighted by Gasteiger charge is -2.36. The number of carbonyl (C=O) groups is 2. The highest BCUT2D eigenvalue weighted by Gasteiger charge is 2.51. The lowest BCUT2D eigenvalue weighted by molar-refractivity contribution is -0.147. The molecule has 4 rings (SSSR count). The molecule has 0 bridgehead atoms. The van der Waals surface area contributed by atoms with E-state index in [1.54, 1.807) is 6.07 Å². The number of benzene rings is 1. The second kappa shape index (κ2) is 11.6. The van der Waals surface area contributed by atoms with Crippen LogP contribution in [0.1, 0.15) is 63.0 Å². The van der Waals surface area contributed by atoms with E-state index < -0.39 is 17.8 Å². The highest BCUT2D eigenvalue weighted by Crippen LogP contribution is 2.41. The van der Waals surface area contributed by atoms with Gasteiger partial charge < -0.3 is 10.4 Å². The molecule has 1 aromatic rings. The molecule has 2 atom stereocenters. The minimum Gasteiger partial charge on any atom is -0.481 e. The number of nitrogens with one attached hydrogen (secondary N) is 1. The minimum absolute atomic E-state index is 0.00670. The number of piperidine rings is 1. The number of alkyl halides is 2. The van der Waals surface area contributed by atoms with Crippen molar-refractivity contribution in [3.63, 3.8) is 0 Å². The number of hydrogen-bond acceptors (Lipinski definition) is 4. The lowest BCUT2D eigenvalue weighted by atomic mass is 9.75. The van der Waals surface area contributed by atoms with E-state index in [9.17, 15) is 23.5 Å². The van der Waals surface area contributed by atoms with Crippen LogP contribution < -0.4 is 5.32 Å². The van der Waals surface area contributed by atoms with Gasteiger partial charge in [0.15, 0.2) is 0 Å². The van der Waals surface area contributed by atoms with Gasteiger partial charge >= 0.3 is 5.97 Å². The van der Waals surface area contributed by atoms with Gasteiger partial charge in [0.1, 0.15) is 0 Å². The SMILES string of the molecule is C[C@H]1CN(Cc2c(Cl)cccc2C(F)F)C[C@@]1(CC(=O)O)C(=O)NC1CCN(CC2=CCCC2)CC1. The number of carboxylic acid groups (broad SMARTS) is 1. The number of amides is 1. The smallest absolute Gasteiger partial charge is 0.304 e. The zero-order valence-electron chi connectivity index (χ0n) is 20.8. The van der Waals surface area contributed by atoms with Crippen LogP contribution in [0, 0.1) is 11.3 Å². The van der Waals surface area contributed by atoms with Crippen LogP contribution in [0.15, 0.2) is 29.8 Å². The van der Waals surface area contributed by atoms with E-state index in [1.807, 2.05) is 11.8 Å². The van der Waals surface area contributed by atoms with Crippen LogP contribution in [-0.4, -0.2) is 65.5 Å². The van der Waals surface area contributed by atoms with Crippen LogP contribution in [0.3, 0.4) is 0 Å². The summed E-state index contributed by atoms with van der Waals surface area (Å²) in [5.74, 6) is -1.53. The van der Waals surface area contributed by atoms with Crippen molar-refractivity contribution in [2.24, 2.45) is 11.3 Å². The first-order valence-electron chi connectivity index (χ1n) is 12.9. The fraction of sp³-hybridized carbons (Fsp3) is 0.630. The van der Waals surface area contributed by atoms with Crippen molar-refractivity contribution in [3.8, 4) is 0 Å². The summed E-state index contributed by atoms with van der Waals surface area (Å²) in [7, 11) is 0. The fourth-order valence-corrected chi connectivity index (χ4v) is 6.32. The molecule has 1 amide bonds. The number of rotatable bonds is 9. The second-order valence-corrected chi connectivity index (χ2v) is 11.1. The van der Waals surface area contributed by atoms with Crippen molar-refractivity contribution in [1.29, 1.82) is 0 Å². The molecule has 0 aromatic heterocycles. The zero-order valence-corrected chi connectivity index (χ0v) is 21.6. The summed E-state index contributed by atoms with van der Waals surface area (Å²) in [4.78, 5) is 29.8. The lowest BCUT2D eigenvalue weighted by Crippen LogP contribution is -2.53. The maximum Gasteiger partial charge on any atom is 0.304 e. The molecule has 9 heteroatoms. The van der Waals surface area contributed by atoms with Gasteiger partial charge in [-0.2, -0.15) is 0 Å². The topological polar surface area (TPSA) is 72.9 Å². The molecule has 2 saturated heterocycles. The van der Waals surface area contributed by atoms with Crippen molar-refractivity contribution in [2.45, 2.75) is 64.5 Å². The first kappa shape index (κ1) is 27.0. The molecule has 0 radical (unpaired) electrons. The van der Waals surface area contributed by atoms with E-state index in [0.29, 0.717) is 12.1 Å². The van der Waals surface area contributed by atoms with Gasteiger partial charge in [0.2, 0.25) is 5.91 Å². The molecule has 1 aliphatic carbocycles. The zero-order chi connectivity index (χ0) is 25.9. The number of allylic oxidation sites excluding steroid dienone is 1. The van der Waals surface area contributed by atoms with Gasteiger partial charge in [-0.05, 0) is 49.7 Å². The molecule has 0 spiro atoms. The Morgan fingerprint density at radius 3 is 2.61 bits per heavy atom. The first-order valence-corrected chi connectivity index (χ1v) is 13.3. The maximum absolute atomic E-state index is 13.6. The number of hydrogen-bond donors (Lipinski definition) is 2. The van der Waals surface area contributed by atoms with Gasteiger partial charge in [0.25, 0.3) is 6.43 Å². The Balaban J connectivity index is 1.42. The van der Waals surface area contributed by atoms with Crippen LogP contribution >= 0.6 is 11.6 Å². The van der Waals surface area contributed by atoms with Gasteiger partial charge in [-0.15, -0.1) is 0 Å². The standard InChI is InChI=1S/C27H36ClF2N3O3/c1-18-14-33(16-22-21(25(29)30)7-4-8-23(22)28)17-27(18,13-24(34)35)26(36)31-20-9-11-32(12-10-20)15-19-5-2-3-6-19/h4-5,7-8,18,20,25H,2-3,6,9-17H2,1H3,(H,31,36)(H,34,35)/t18-,27+/m0/s1. The fourth-order valence-electron chi connectivity index (χ4n) is 6.08. The van der Waals surface area contributed by atoms with Crippen molar-refractivity contribution in [2.75, 3.05) is 32.7 Å². The minimum atomic E-state index is -2.67. The third-order valence-corrected chi connectivity index (χ3v) is 8.51. The quantitative estimate of drug-likeness (QED) is 0.451. The molecular weight excluding hydrogens is 488 g/mol. The van der Waals surface area contributed by atoms with E-state index >= 15 is 0 Å². The monoisotopic (exact) mass is 523 g/mol. The summed E-state index contributed by atoms with van der Waals surface area (Å²) in [5.41, 5.74) is 0.587. The van der Waals surface area contributed by atoms with Crippen LogP contribution in [-0.2, 0) is 16.1 Å². The largest absolute Gasteiger partial charge is 0.481 e. The summed E-state index contributed by atoms with van der Waals surface area (Å²) < 4.78 is 27.2. The third-order valence-electron chi connectivity index (χ3n) is 8.16. The van der Waals surface area contributed by atoms with Crippen molar-refractivity contribution in [3.05, 3.63) is 46.0 Å². The van der Waals surface area contributed by atoms with Crippen LogP contribution in [0.4, 0.5) is 8.78 Å². The summed E-state index contributed by atoms with van der Waals surface area (Å²) in [6.45, 7) is 5.44. The normalized spacial score (nSPS) is 25.9. The molecule has 2 aliphatic heterocycles. The molecule has 6 nitrogen and oxygen atoms in total. The number of carbonyl (C=O) groups excluding carboxylic acids is 1. The molecule has 0 unspecified atom stereocenters. The van der Waals surface area contributed by atoms with Gasteiger partial charge in [0, 0.05) is 55.9 Å². The van der Waals surface area contributed by atoms with E-state index in [1.165, 1.54) is 37.0 Å². The predicted molar refractivity (Wildman–Crippen MR) is 135 cm³/mol. The van der Waals surface area contributed by atoms with Crippen LogP contribution in [0.25, 0.3) is 0 Å². The van der Waals surface area contributed by atoms with Gasteiger partial charge in [-0.25, -0.2) is 8.78 Å². The highest BCUT2D eigenvalue weighted by molar-refractivity contribution is 6.31. The summed E-state index contributed by atoms with van der Waals surface area (Å²) in [6, 6.07) is 4.44. The maximum atomic E-state index is 13.6. The van der Waals surface area contributed by atoms with Gasteiger partial charge in [-0.1, -0.05) is 42.3 Å². The summed E-state index contributed by atoms with van der Waals surface area (Å²) in [6.07, 6.45) is 4.62. The summed E-state index contributed by atoms with van der Waals surface area (Å²) >= 11 is 6.26. The Morgan fingerprint density at radius 2 is 1.97 bits per heavy atom. The highest BCUT2D eigenvalue weighted by atomic mass is 35.5. The molecule has 0 saturated carbocycles. The average molecular weight is 524 g/mol. The Labute approximate surface area is 216 Å².